The highest BCUT2D eigenvalue weighted by Gasteiger charge is 2.05. The molecular formula is C11H9N3S. The fourth-order valence-corrected chi connectivity index (χ4v) is 2.28. The third-order valence-corrected chi connectivity index (χ3v) is 3.17. The Morgan fingerprint density at radius 3 is 3.00 bits per heavy atom. The third kappa shape index (κ3) is 1.53. The lowest BCUT2D eigenvalue weighted by atomic mass is 10.3. The number of nitrogens with zero attached hydrogens (tertiary/aromatic N) is 3. The molecule has 3 heterocycles. The lowest BCUT2D eigenvalue weighted by molar-refractivity contribution is 0.945. The van der Waals surface area contributed by atoms with Gasteiger partial charge in [0.1, 0.15) is 5.82 Å². The number of fused-ring (bicyclic) bond motifs is 1. The summed E-state index contributed by atoms with van der Waals surface area (Å²) in [6.45, 7) is 0. The molecule has 15 heavy (non-hydrogen) atoms. The summed E-state index contributed by atoms with van der Waals surface area (Å²) in [5.74, 6) is 0.994. The van der Waals surface area contributed by atoms with E-state index in [1.54, 1.807) is 11.3 Å². The first-order valence-corrected chi connectivity index (χ1v) is 5.62. The van der Waals surface area contributed by atoms with Gasteiger partial charge in [-0.2, -0.15) is 0 Å². The summed E-state index contributed by atoms with van der Waals surface area (Å²) in [5.41, 5.74) is 0.907. The van der Waals surface area contributed by atoms with Gasteiger partial charge in [-0.1, -0.05) is 12.1 Å². The van der Waals surface area contributed by atoms with Crippen molar-refractivity contribution in [3.8, 4) is 0 Å². The van der Waals surface area contributed by atoms with Crippen LogP contribution in [0.4, 0.5) is 0 Å². The van der Waals surface area contributed by atoms with Crippen LogP contribution < -0.4 is 0 Å². The van der Waals surface area contributed by atoms with Crippen molar-refractivity contribution in [2.45, 2.75) is 6.42 Å². The molecule has 0 aromatic carbocycles. The molecule has 0 spiro atoms. The number of hydrogen-bond donors (Lipinski definition) is 0. The molecule has 3 aromatic rings. The topological polar surface area (TPSA) is 30.2 Å². The average molecular weight is 215 g/mol. The van der Waals surface area contributed by atoms with Gasteiger partial charge in [0.2, 0.25) is 0 Å². The Balaban J connectivity index is 2.05. The minimum absolute atomic E-state index is 0.850. The molecule has 0 bridgehead atoms. The molecule has 0 saturated carbocycles. The number of rotatable bonds is 2. The molecule has 0 saturated heterocycles. The number of thiophene rings is 1. The highest BCUT2D eigenvalue weighted by molar-refractivity contribution is 7.09. The molecular weight excluding hydrogens is 206 g/mol. The molecule has 0 aliphatic rings. The van der Waals surface area contributed by atoms with Gasteiger partial charge in [0, 0.05) is 17.5 Å². The molecule has 74 valence electrons. The van der Waals surface area contributed by atoms with Crippen molar-refractivity contribution in [3.05, 3.63) is 52.6 Å². The second kappa shape index (κ2) is 3.47. The van der Waals surface area contributed by atoms with Crippen LogP contribution in [0.3, 0.4) is 0 Å². The summed E-state index contributed by atoms with van der Waals surface area (Å²) in [5, 5.41) is 10.4. The largest absolute Gasteiger partial charge is 0.286 e. The maximum absolute atomic E-state index is 4.19. The molecule has 0 atom stereocenters. The Bertz CT molecular complexity index is 568. The van der Waals surface area contributed by atoms with Gasteiger partial charge in [-0.3, -0.25) is 4.40 Å². The van der Waals surface area contributed by atoms with E-state index in [1.165, 1.54) is 4.88 Å². The van der Waals surface area contributed by atoms with Gasteiger partial charge in [-0.05, 0) is 23.6 Å². The third-order valence-electron chi connectivity index (χ3n) is 2.30. The fourth-order valence-electron chi connectivity index (χ4n) is 1.58. The molecule has 0 N–H and O–H groups in total. The Morgan fingerprint density at radius 1 is 1.13 bits per heavy atom. The molecule has 0 radical (unpaired) electrons. The lowest BCUT2D eigenvalue weighted by Crippen LogP contribution is -1.93. The summed E-state index contributed by atoms with van der Waals surface area (Å²) in [6.07, 6.45) is 2.85. The van der Waals surface area contributed by atoms with Crippen LogP contribution in [0.2, 0.25) is 0 Å². The van der Waals surface area contributed by atoms with E-state index < -0.39 is 0 Å². The molecule has 0 aliphatic heterocycles. The van der Waals surface area contributed by atoms with E-state index in [4.69, 9.17) is 0 Å². The van der Waals surface area contributed by atoms with Gasteiger partial charge in [-0.25, -0.2) is 0 Å². The minimum atomic E-state index is 0.850. The molecule has 3 rings (SSSR count). The van der Waals surface area contributed by atoms with Crippen molar-refractivity contribution in [1.82, 2.24) is 14.6 Å². The van der Waals surface area contributed by atoms with Gasteiger partial charge in [0.05, 0.1) is 0 Å². The van der Waals surface area contributed by atoms with Crippen LogP contribution in [0.25, 0.3) is 5.65 Å². The monoisotopic (exact) mass is 215 g/mol. The fraction of sp³-hybridized carbons (Fsp3) is 0.0909. The maximum atomic E-state index is 4.19. The molecule has 4 heteroatoms. The highest BCUT2D eigenvalue weighted by Crippen LogP contribution is 2.14. The predicted molar refractivity (Wildman–Crippen MR) is 60.1 cm³/mol. The van der Waals surface area contributed by atoms with Gasteiger partial charge in [-0.15, -0.1) is 21.5 Å². The first-order valence-electron chi connectivity index (χ1n) is 4.74. The smallest absolute Gasteiger partial charge is 0.160 e. The quantitative estimate of drug-likeness (QED) is 0.657. The van der Waals surface area contributed by atoms with E-state index in [2.05, 4.69) is 27.7 Å². The number of aromatic nitrogens is 3. The van der Waals surface area contributed by atoms with Crippen LogP contribution in [-0.4, -0.2) is 14.6 Å². The van der Waals surface area contributed by atoms with Crippen molar-refractivity contribution in [1.29, 1.82) is 0 Å². The summed E-state index contributed by atoms with van der Waals surface area (Å²) < 4.78 is 2.03. The maximum Gasteiger partial charge on any atom is 0.160 e. The Hall–Kier alpha value is -1.68. The van der Waals surface area contributed by atoms with Crippen LogP contribution in [0.15, 0.2) is 41.9 Å². The first kappa shape index (κ1) is 8.61. The molecule has 3 aromatic heterocycles. The van der Waals surface area contributed by atoms with Gasteiger partial charge in [0.25, 0.3) is 0 Å². The summed E-state index contributed by atoms with van der Waals surface area (Å²) >= 11 is 1.75. The second-order valence-corrected chi connectivity index (χ2v) is 4.33. The van der Waals surface area contributed by atoms with E-state index in [-0.39, 0.29) is 0 Å². The van der Waals surface area contributed by atoms with Gasteiger partial charge in [0.15, 0.2) is 5.65 Å². The van der Waals surface area contributed by atoms with E-state index in [0.29, 0.717) is 0 Å². The number of pyridine rings is 1. The Morgan fingerprint density at radius 2 is 2.13 bits per heavy atom. The Labute approximate surface area is 91.0 Å². The van der Waals surface area contributed by atoms with E-state index in [1.807, 2.05) is 28.8 Å². The van der Waals surface area contributed by atoms with Crippen LogP contribution in [0.5, 0.6) is 0 Å². The zero-order valence-corrected chi connectivity index (χ0v) is 8.81. The normalized spacial score (nSPS) is 10.9. The zero-order valence-electron chi connectivity index (χ0n) is 8.00. The molecule has 0 amide bonds. The summed E-state index contributed by atoms with van der Waals surface area (Å²) in [7, 11) is 0. The minimum Gasteiger partial charge on any atom is -0.286 e. The highest BCUT2D eigenvalue weighted by atomic mass is 32.1. The molecule has 0 unspecified atom stereocenters. The average Bonchev–Trinajstić information content (AvgIpc) is 2.89. The molecule has 0 fully saturated rings. The van der Waals surface area contributed by atoms with Crippen molar-refractivity contribution in [2.24, 2.45) is 0 Å². The van der Waals surface area contributed by atoms with Crippen molar-refractivity contribution in [2.75, 3.05) is 0 Å². The van der Waals surface area contributed by atoms with Crippen molar-refractivity contribution >= 4 is 17.0 Å². The van der Waals surface area contributed by atoms with Gasteiger partial charge < -0.3 is 0 Å². The molecule has 3 nitrogen and oxygen atoms in total. The van der Waals surface area contributed by atoms with Crippen molar-refractivity contribution in [3.63, 3.8) is 0 Å². The zero-order chi connectivity index (χ0) is 10.1. The van der Waals surface area contributed by atoms with Crippen molar-refractivity contribution < 1.29 is 0 Å². The predicted octanol–water partition coefficient (Wildman–Crippen LogP) is 2.38. The van der Waals surface area contributed by atoms with Crippen LogP contribution >= 0.6 is 11.3 Å². The molecule has 0 aliphatic carbocycles. The SMILES string of the molecule is c1csc(Cc2nnc3ccccn23)c1. The first-order chi connectivity index (χ1) is 7.43. The number of hydrogen-bond acceptors (Lipinski definition) is 3. The van der Waals surface area contributed by atoms with E-state index >= 15 is 0 Å². The van der Waals surface area contributed by atoms with Gasteiger partial charge >= 0.3 is 0 Å². The summed E-state index contributed by atoms with van der Waals surface area (Å²) in [6, 6.07) is 10.1. The second-order valence-electron chi connectivity index (χ2n) is 3.30. The lowest BCUT2D eigenvalue weighted by Gasteiger charge is -1.96. The van der Waals surface area contributed by atoms with E-state index in [0.717, 1.165) is 17.9 Å². The van der Waals surface area contributed by atoms with E-state index in [9.17, 15) is 0 Å². The van der Waals surface area contributed by atoms with Crippen LogP contribution in [0, 0.1) is 0 Å². The van der Waals surface area contributed by atoms with Crippen LogP contribution in [-0.2, 0) is 6.42 Å². The standard InChI is InChI=1S/C11H9N3S/c1-2-6-14-10(5-1)12-13-11(14)8-9-4-3-7-15-9/h1-7H,8H2. The summed E-state index contributed by atoms with van der Waals surface area (Å²) in [4.78, 5) is 1.31. The Kier molecular flexibility index (Phi) is 1.99. The van der Waals surface area contributed by atoms with Crippen LogP contribution in [0.1, 0.15) is 10.7 Å².